The molecule has 0 spiro atoms. The van der Waals surface area contributed by atoms with Crippen LogP contribution in [0.15, 0.2) is 51.7 Å². The lowest BCUT2D eigenvalue weighted by atomic mass is 10.2. The largest absolute Gasteiger partial charge is 0.478 e. The van der Waals surface area contributed by atoms with Gasteiger partial charge in [0.15, 0.2) is 5.58 Å². The minimum absolute atomic E-state index is 0.0660. The van der Waals surface area contributed by atoms with Crippen molar-refractivity contribution in [2.24, 2.45) is 0 Å². The van der Waals surface area contributed by atoms with Crippen molar-refractivity contribution in [1.82, 2.24) is 4.57 Å². The fourth-order valence-electron chi connectivity index (χ4n) is 2.40. The summed E-state index contributed by atoms with van der Waals surface area (Å²) in [7, 11) is 0. The maximum Gasteiger partial charge on any atom is 0.419 e. The number of hydrogen-bond donors (Lipinski definition) is 2. The zero-order valence-electron chi connectivity index (χ0n) is 12.9. The number of aromatic carboxylic acids is 1. The Morgan fingerprint density at radius 2 is 1.96 bits per heavy atom. The highest BCUT2D eigenvalue weighted by Gasteiger charge is 2.13. The van der Waals surface area contributed by atoms with Crippen molar-refractivity contribution in [2.45, 2.75) is 13.0 Å². The van der Waals surface area contributed by atoms with Gasteiger partial charge >= 0.3 is 11.7 Å². The van der Waals surface area contributed by atoms with Gasteiger partial charge in [-0.15, -0.1) is 0 Å². The monoisotopic (exact) mass is 344 g/mol. The van der Waals surface area contributed by atoms with Crippen LogP contribution in [0.5, 0.6) is 0 Å². The van der Waals surface area contributed by atoms with Crippen LogP contribution in [-0.2, 0) is 11.3 Å². The SMILES string of the molecule is O=C(CCn1c(=O)oc2ccccc21)Nc1ccc(C(=O)O)cc1F. The Balaban J connectivity index is 1.70. The Morgan fingerprint density at radius 3 is 2.68 bits per heavy atom. The number of anilines is 1. The van der Waals surface area contributed by atoms with Crippen molar-refractivity contribution in [2.75, 3.05) is 5.32 Å². The molecule has 0 aliphatic heterocycles. The zero-order valence-corrected chi connectivity index (χ0v) is 12.9. The maximum absolute atomic E-state index is 13.8. The number of amides is 1. The Kier molecular flexibility index (Phi) is 4.34. The topological polar surface area (TPSA) is 102 Å². The normalized spacial score (nSPS) is 10.8. The van der Waals surface area contributed by atoms with Crippen LogP contribution in [0.2, 0.25) is 0 Å². The molecule has 0 saturated heterocycles. The van der Waals surface area contributed by atoms with Crippen molar-refractivity contribution in [3.05, 3.63) is 64.4 Å². The number of benzene rings is 2. The Labute approximate surface area is 140 Å². The lowest BCUT2D eigenvalue weighted by Crippen LogP contribution is -2.20. The third kappa shape index (κ3) is 3.42. The van der Waals surface area contributed by atoms with E-state index in [4.69, 9.17) is 9.52 Å². The molecule has 0 radical (unpaired) electrons. The molecule has 128 valence electrons. The molecule has 25 heavy (non-hydrogen) atoms. The number of rotatable bonds is 5. The summed E-state index contributed by atoms with van der Waals surface area (Å²) in [6, 6.07) is 10.0. The number of para-hydroxylation sites is 2. The van der Waals surface area contributed by atoms with Crippen LogP contribution in [0.1, 0.15) is 16.8 Å². The minimum Gasteiger partial charge on any atom is -0.478 e. The molecule has 1 heterocycles. The number of halogens is 1. The number of oxazole rings is 1. The number of fused-ring (bicyclic) bond motifs is 1. The highest BCUT2D eigenvalue weighted by molar-refractivity contribution is 5.92. The molecule has 0 unspecified atom stereocenters. The Morgan fingerprint density at radius 1 is 1.20 bits per heavy atom. The standard InChI is InChI=1S/C17H13FN2O5/c18-11-9-10(16(22)23)5-6-12(11)19-15(21)7-8-20-13-3-1-2-4-14(13)25-17(20)24/h1-6,9H,7-8H2,(H,19,21)(H,22,23). The van der Waals surface area contributed by atoms with E-state index in [9.17, 15) is 18.8 Å². The van der Waals surface area contributed by atoms with E-state index in [1.54, 1.807) is 24.3 Å². The van der Waals surface area contributed by atoms with E-state index in [-0.39, 0.29) is 24.2 Å². The molecule has 3 aromatic rings. The number of carbonyl (C=O) groups is 2. The number of carboxylic acid groups (broad SMARTS) is 1. The molecular formula is C17H13FN2O5. The first kappa shape index (κ1) is 16.4. The second-order valence-corrected chi connectivity index (χ2v) is 5.29. The van der Waals surface area contributed by atoms with Crippen LogP contribution < -0.4 is 11.1 Å². The fourth-order valence-corrected chi connectivity index (χ4v) is 2.40. The van der Waals surface area contributed by atoms with Crippen LogP contribution >= 0.6 is 0 Å². The average Bonchev–Trinajstić information content (AvgIpc) is 2.90. The van der Waals surface area contributed by atoms with Crippen molar-refractivity contribution in [3.63, 3.8) is 0 Å². The van der Waals surface area contributed by atoms with E-state index >= 15 is 0 Å². The van der Waals surface area contributed by atoms with Gasteiger partial charge in [0, 0.05) is 13.0 Å². The molecule has 8 heteroatoms. The molecule has 0 bridgehead atoms. The summed E-state index contributed by atoms with van der Waals surface area (Å²) in [4.78, 5) is 34.6. The quantitative estimate of drug-likeness (QED) is 0.740. The smallest absolute Gasteiger partial charge is 0.419 e. The van der Waals surface area contributed by atoms with E-state index in [0.717, 1.165) is 6.07 Å². The van der Waals surface area contributed by atoms with Gasteiger partial charge in [-0.05, 0) is 30.3 Å². The summed E-state index contributed by atoms with van der Waals surface area (Å²) < 4.78 is 20.2. The van der Waals surface area contributed by atoms with Gasteiger partial charge < -0.3 is 14.8 Å². The van der Waals surface area contributed by atoms with Crippen LogP contribution in [0.4, 0.5) is 10.1 Å². The second-order valence-electron chi connectivity index (χ2n) is 5.29. The summed E-state index contributed by atoms with van der Waals surface area (Å²) in [5, 5.41) is 11.1. The third-order valence-electron chi connectivity index (χ3n) is 3.63. The molecule has 2 N–H and O–H groups in total. The summed E-state index contributed by atoms with van der Waals surface area (Å²) in [6.45, 7) is 0.0660. The Bertz CT molecular complexity index is 1020. The molecule has 1 amide bonds. The predicted octanol–water partition coefficient (Wildman–Crippen LogP) is 2.46. The summed E-state index contributed by atoms with van der Waals surface area (Å²) in [6.07, 6.45) is -0.0798. The first-order valence-corrected chi connectivity index (χ1v) is 7.37. The van der Waals surface area contributed by atoms with Gasteiger partial charge in [-0.3, -0.25) is 9.36 Å². The number of aryl methyl sites for hydroxylation is 1. The third-order valence-corrected chi connectivity index (χ3v) is 3.63. The first-order chi connectivity index (χ1) is 12.0. The van der Waals surface area contributed by atoms with Crippen LogP contribution in [0.25, 0.3) is 11.1 Å². The molecule has 0 atom stereocenters. The lowest BCUT2D eigenvalue weighted by molar-refractivity contribution is -0.116. The summed E-state index contributed by atoms with van der Waals surface area (Å²) in [5.74, 6) is -3.20. The highest BCUT2D eigenvalue weighted by atomic mass is 19.1. The number of carbonyl (C=O) groups excluding carboxylic acids is 1. The van der Waals surface area contributed by atoms with Crippen LogP contribution in [-0.4, -0.2) is 21.6 Å². The predicted molar refractivity (Wildman–Crippen MR) is 87.1 cm³/mol. The van der Waals surface area contributed by atoms with Gasteiger partial charge in [0.1, 0.15) is 5.82 Å². The average molecular weight is 344 g/mol. The first-order valence-electron chi connectivity index (χ1n) is 7.37. The van der Waals surface area contributed by atoms with Gasteiger partial charge in [0.25, 0.3) is 0 Å². The number of nitrogens with one attached hydrogen (secondary N) is 1. The van der Waals surface area contributed by atoms with Gasteiger partial charge in [-0.2, -0.15) is 0 Å². The summed E-state index contributed by atoms with van der Waals surface area (Å²) in [5.41, 5.74) is 0.645. The van der Waals surface area contributed by atoms with Crippen molar-refractivity contribution < 1.29 is 23.5 Å². The maximum atomic E-state index is 13.8. The van der Waals surface area contributed by atoms with Crippen LogP contribution in [0.3, 0.4) is 0 Å². The van der Waals surface area contributed by atoms with Crippen molar-refractivity contribution in [3.8, 4) is 0 Å². The molecule has 3 rings (SSSR count). The molecular weight excluding hydrogens is 331 g/mol. The number of hydrogen-bond acceptors (Lipinski definition) is 4. The number of aromatic nitrogens is 1. The molecule has 2 aromatic carbocycles. The van der Waals surface area contributed by atoms with E-state index in [1.807, 2.05) is 0 Å². The molecule has 1 aromatic heterocycles. The molecule has 0 aliphatic carbocycles. The zero-order chi connectivity index (χ0) is 18.0. The van der Waals surface area contributed by atoms with Gasteiger partial charge in [0.05, 0.1) is 16.8 Å². The highest BCUT2D eigenvalue weighted by Crippen LogP contribution is 2.17. The minimum atomic E-state index is -1.26. The second kappa shape index (κ2) is 6.60. The van der Waals surface area contributed by atoms with E-state index in [1.165, 1.54) is 16.7 Å². The molecule has 0 fully saturated rings. The van der Waals surface area contributed by atoms with E-state index < -0.39 is 23.4 Å². The number of nitrogens with zero attached hydrogens (tertiary/aromatic N) is 1. The molecule has 7 nitrogen and oxygen atoms in total. The number of carboxylic acids is 1. The van der Waals surface area contributed by atoms with Crippen molar-refractivity contribution in [1.29, 1.82) is 0 Å². The van der Waals surface area contributed by atoms with Crippen LogP contribution in [0, 0.1) is 5.82 Å². The van der Waals surface area contributed by atoms with Gasteiger partial charge in [-0.25, -0.2) is 14.0 Å². The van der Waals surface area contributed by atoms with Crippen molar-refractivity contribution >= 4 is 28.7 Å². The van der Waals surface area contributed by atoms with Gasteiger partial charge in [-0.1, -0.05) is 12.1 Å². The van der Waals surface area contributed by atoms with Gasteiger partial charge in [0.2, 0.25) is 5.91 Å². The fraction of sp³-hybridized carbons (Fsp3) is 0.118. The molecule has 0 aliphatic rings. The molecule has 0 saturated carbocycles. The van der Waals surface area contributed by atoms with E-state index in [2.05, 4.69) is 5.32 Å². The Hall–Kier alpha value is -3.42. The van der Waals surface area contributed by atoms with E-state index in [0.29, 0.717) is 11.1 Å². The summed E-state index contributed by atoms with van der Waals surface area (Å²) >= 11 is 0. The lowest BCUT2D eigenvalue weighted by Gasteiger charge is -2.07.